The number of ether oxygens (including phenoxy) is 1. The standard InChI is InChI=1S/C11H19NO4/c1-3-4-7(6-16-2)12-10(13)8-5-9(8)11(14)15/h7-9H,3-6H2,1-2H3,(H,12,13)(H,14,15). The van der Waals surface area contributed by atoms with Gasteiger partial charge in [0.15, 0.2) is 0 Å². The molecule has 0 aromatic carbocycles. The monoisotopic (exact) mass is 229 g/mol. The Labute approximate surface area is 95.2 Å². The summed E-state index contributed by atoms with van der Waals surface area (Å²) >= 11 is 0. The van der Waals surface area contributed by atoms with E-state index < -0.39 is 11.9 Å². The Kier molecular flexibility index (Phi) is 4.73. The van der Waals surface area contributed by atoms with Gasteiger partial charge in [-0.3, -0.25) is 9.59 Å². The second-order valence-electron chi connectivity index (χ2n) is 4.24. The van der Waals surface area contributed by atoms with Crippen molar-refractivity contribution in [3.8, 4) is 0 Å². The minimum atomic E-state index is -0.876. The number of carboxylic acid groups (broad SMARTS) is 1. The lowest BCUT2D eigenvalue weighted by Gasteiger charge is -2.16. The molecule has 0 saturated heterocycles. The molecule has 1 amide bonds. The molecule has 2 N–H and O–H groups in total. The van der Waals surface area contributed by atoms with Gasteiger partial charge in [0.25, 0.3) is 0 Å². The molecule has 1 saturated carbocycles. The molecule has 92 valence electrons. The third-order valence-corrected chi connectivity index (χ3v) is 2.80. The predicted molar refractivity (Wildman–Crippen MR) is 57.9 cm³/mol. The van der Waals surface area contributed by atoms with Crippen LogP contribution in [0.2, 0.25) is 0 Å². The second kappa shape index (κ2) is 5.84. The van der Waals surface area contributed by atoms with Gasteiger partial charge in [0, 0.05) is 7.11 Å². The Morgan fingerprint density at radius 1 is 1.50 bits per heavy atom. The Morgan fingerprint density at radius 2 is 2.19 bits per heavy atom. The zero-order valence-corrected chi connectivity index (χ0v) is 9.73. The Bertz CT molecular complexity index is 261. The van der Waals surface area contributed by atoms with Gasteiger partial charge in [-0.25, -0.2) is 0 Å². The highest BCUT2D eigenvalue weighted by Gasteiger charge is 2.48. The van der Waals surface area contributed by atoms with E-state index in [0.717, 1.165) is 12.8 Å². The van der Waals surface area contributed by atoms with Crippen molar-refractivity contribution in [2.45, 2.75) is 32.2 Å². The maximum Gasteiger partial charge on any atom is 0.307 e. The highest BCUT2D eigenvalue weighted by Crippen LogP contribution is 2.38. The topological polar surface area (TPSA) is 75.6 Å². The first-order valence-corrected chi connectivity index (χ1v) is 5.62. The average molecular weight is 229 g/mol. The average Bonchev–Trinajstić information content (AvgIpc) is 2.97. The van der Waals surface area contributed by atoms with Gasteiger partial charge in [0.2, 0.25) is 5.91 Å². The maximum absolute atomic E-state index is 11.7. The molecule has 0 spiro atoms. The number of amides is 1. The number of carbonyl (C=O) groups is 2. The lowest BCUT2D eigenvalue weighted by Crippen LogP contribution is -2.39. The lowest BCUT2D eigenvalue weighted by atomic mass is 10.1. The Hall–Kier alpha value is -1.10. The molecule has 0 aromatic rings. The molecule has 16 heavy (non-hydrogen) atoms. The van der Waals surface area contributed by atoms with Crippen LogP contribution in [0, 0.1) is 11.8 Å². The van der Waals surface area contributed by atoms with Crippen LogP contribution in [-0.4, -0.2) is 36.7 Å². The van der Waals surface area contributed by atoms with Crippen molar-refractivity contribution in [1.29, 1.82) is 0 Å². The lowest BCUT2D eigenvalue weighted by molar-refractivity contribution is -0.140. The van der Waals surface area contributed by atoms with Crippen LogP contribution >= 0.6 is 0 Å². The van der Waals surface area contributed by atoms with Gasteiger partial charge in [-0.05, 0) is 12.8 Å². The van der Waals surface area contributed by atoms with Crippen LogP contribution in [0.15, 0.2) is 0 Å². The first-order valence-electron chi connectivity index (χ1n) is 5.62. The fourth-order valence-electron chi connectivity index (χ4n) is 1.81. The Morgan fingerprint density at radius 3 is 2.62 bits per heavy atom. The molecule has 0 heterocycles. The number of hydrogen-bond acceptors (Lipinski definition) is 3. The van der Waals surface area contributed by atoms with Crippen LogP contribution in [0.5, 0.6) is 0 Å². The van der Waals surface area contributed by atoms with Crippen molar-refractivity contribution < 1.29 is 19.4 Å². The summed E-state index contributed by atoms with van der Waals surface area (Å²) in [4.78, 5) is 22.3. The molecule has 1 fully saturated rings. The summed E-state index contributed by atoms with van der Waals surface area (Å²) in [6, 6.07) is -0.00227. The third kappa shape index (κ3) is 3.48. The molecule has 1 aliphatic rings. The van der Waals surface area contributed by atoms with Gasteiger partial charge in [-0.2, -0.15) is 0 Å². The minimum Gasteiger partial charge on any atom is -0.481 e. The van der Waals surface area contributed by atoms with Crippen molar-refractivity contribution in [3.63, 3.8) is 0 Å². The summed E-state index contributed by atoms with van der Waals surface area (Å²) in [5.41, 5.74) is 0. The Balaban J connectivity index is 2.35. The van der Waals surface area contributed by atoms with Gasteiger partial charge in [0.1, 0.15) is 0 Å². The van der Waals surface area contributed by atoms with Crippen molar-refractivity contribution in [1.82, 2.24) is 5.32 Å². The summed E-state index contributed by atoms with van der Waals surface area (Å²) in [7, 11) is 1.59. The van der Waals surface area contributed by atoms with Crippen LogP contribution in [0.3, 0.4) is 0 Å². The van der Waals surface area contributed by atoms with Gasteiger partial charge >= 0.3 is 5.97 Å². The molecule has 3 unspecified atom stereocenters. The molecule has 0 bridgehead atoms. The van der Waals surface area contributed by atoms with Crippen molar-refractivity contribution in [2.75, 3.05) is 13.7 Å². The molecule has 0 radical (unpaired) electrons. The smallest absolute Gasteiger partial charge is 0.307 e. The highest BCUT2D eigenvalue weighted by molar-refractivity contribution is 5.89. The fraction of sp³-hybridized carbons (Fsp3) is 0.818. The van der Waals surface area contributed by atoms with Crippen molar-refractivity contribution >= 4 is 11.9 Å². The van der Waals surface area contributed by atoms with E-state index in [-0.39, 0.29) is 17.9 Å². The van der Waals surface area contributed by atoms with E-state index in [1.54, 1.807) is 7.11 Å². The first-order chi connectivity index (χ1) is 7.60. The molecule has 3 atom stereocenters. The molecule has 1 rings (SSSR count). The van der Waals surface area contributed by atoms with Crippen molar-refractivity contribution in [2.24, 2.45) is 11.8 Å². The van der Waals surface area contributed by atoms with E-state index in [2.05, 4.69) is 5.32 Å². The fourth-order valence-corrected chi connectivity index (χ4v) is 1.81. The minimum absolute atomic E-state index is 0.00227. The van der Waals surface area contributed by atoms with Gasteiger partial charge in [0.05, 0.1) is 24.5 Å². The number of nitrogens with one attached hydrogen (secondary N) is 1. The van der Waals surface area contributed by atoms with Crippen LogP contribution in [0.4, 0.5) is 0 Å². The van der Waals surface area contributed by atoms with E-state index in [0.29, 0.717) is 13.0 Å². The van der Waals surface area contributed by atoms with Gasteiger partial charge in [-0.15, -0.1) is 0 Å². The molecule has 0 aromatic heterocycles. The maximum atomic E-state index is 11.7. The first kappa shape index (κ1) is 13.0. The molecule has 1 aliphatic carbocycles. The van der Waals surface area contributed by atoms with E-state index in [1.807, 2.05) is 6.92 Å². The van der Waals surface area contributed by atoms with Crippen LogP contribution < -0.4 is 5.32 Å². The highest BCUT2D eigenvalue weighted by atomic mass is 16.5. The van der Waals surface area contributed by atoms with E-state index in [9.17, 15) is 9.59 Å². The van der Waals surface area contributed by atoms with E-state index >= 15 is 0 Å². The molecular weight excluding hydrogens is 210 g/mol. The molecule has 5 heteroatoms. The number of carboxylic acids is 1. The molecular formula is C11H19NO4. The predicted octanol–water partition coefficient (Wildman–Crippen LogP) is 0.638. The van der Waals surface area contributed by atoms with Crippen LogP contribution in [-0.2, 0) is 14.3 Å². The summed E-state index contributed by atoms with van der Waals surface area (Å²) in [5.74, 6) is -1.85. The summed E-state index contributed by atoms with van der Waals surface area (Å²) in [5, 5.41) is 11.5. The second-order valence-corrected chi connectivity index (χ2v) is 4.24. The number of hydrogen-bond donors (Lipinski definition) is 2. The number of aliphatic carboxylic acids is 1. The SMILES string of the molecule is CCCC(COC)NC(=O)C1CC1C(=O)O. The molecule has 0 aliphatic heterocycles. The van der Waals surface area contributed by atoms with Gasteiger partial charge < -0.3 is 15.2 Å². The van der Waals surface area contributed by atoms with E-state index in [4.69, 9.17) is 9.84 Å². The normalized spacial score (nSPS) is 24.9. The zero-order valence-electron chi connectivity index (χ0n) is 9.73. The zero-order chi connectivity index (χ0) is 12.1. The van der Waals surface area contributed by atoms with Crippen molar-refractivity contribution in [3.05, 3.63) is 0 Å². The quantitative estimate of drug-likeness (QED) is 0.671. The summed E-state index contributed by atoms with van der Waals surface area (Å²) < 4.78 is 5.00. The molecule has 5 nitrogen and oxygen atoms in total. The number of rotatable bonds is 7. The van der Waals surface area contributed by atoms with Crippen LogP contribution in [0.1, 0.15) is 26.2 Å². The van der Waals surface area contributed by atoms with E-state index in [1.165, 1.54) is 0 Å². The van der Waals surface area contributed by atoms with Gasteiger partial charge in [-0.1, -0.05) is 13.3 Å². The number of carbonyl (C=O) groups excluding carboxylic acids is 1. The van der Waals surface area contributed by atoms with Crippen LogP contribution in [0.25, 0.3) is 0 Å². The third-order valence-electron chi connectivity index (χ3n) is 2.80. The largest absolute Gasteiger partial charge is 0.481 e. The summed E-state index contributed by atoms with van der Waals surface area (Å²) in [6.07, 6.45) is 2.28. The number of methoxy groups -OCH3 is 1. The summed E-state index contributed by atoms with van der Waals surface area (Å²) in [6.45, 7) is 2.51.